The van der Waals surface area contributed by atoms with Gasteiger partial charge in [0.1, 0.15) is 0 Å². The maximum Gasteiger partial charge on any atom is 0.251 e. The first-order valence-electron chi connectivity index (χ1n) is 5.75. The van der Waals surface area contributed by atoms with Crippen molar-refractivity contribution in [3.05, 3.63) is 55.9 Å². The quantitative estimate of drug-likeness (QED) is 0.673. The zero-order valence-electron chi connectivity index (χ0n) is 10.7. The van der Waals surface area contributed by atoms with Crippen molar-refractivity contribution in [2.75, 3.05) is 7.11 Å². The molecule has 7 heteroatoms. The van der Waals surface area contributed by atoms with Crippen LogP contribution >= 0.6 is 35.0 Å². The van der Waals surface area contributed by atoms with E-state index in [-0.39, 0.29) is 5.56 Å². The molecule has 0 saturated heterocycles. The van der Waals surface area contributed by atoms with Gasteiger partial charge in [-0.05, 0) is 17.7 Å². The highest BCUT2D eigenvalue weighted by molar-refractivity contribution is 7.98. The van der Waals surface area contributed by atoms with Gasteiger partial charge in [-0.1, -0.05) is 41.0 Å². The second-order valence-electron chi connectivity index (χ2n) is 3.96. The van der Waals surface area contributed by atoms with E-state index in [0.29, 0.717) is 33.3 Å². The summed E-state index contributed by atoms with van der Waals surface area (Å²) in [5.74, 6) is 0.526. The van der Waals surface area contributed by atoms with E-state index in [0.717, 1.165) is 5.56 Å². The third-order valence-corrected chi connectivity index (χ3v) is 4.09. The van der Waals surface area contributed by atoms with Crippen molar-refractivity contribution in [3.63, 3.8) is 0 Å². The molecule has 1 aromatic heterocycles. The number of hydrogen-bond acceptors (Lipinski definition) is 4. The minimum Gasteiger partial charge on any atom is -0.378 e. The van der Waals surface area contributed by atoms with Crippen LogP contribution in [0.15, 0.2) is 34.2 Å². The smallest absolute Gasteiger partial charge is 0.251 e. The van der Waals surface area contributed by atoms with Crippen LogP contribution in [0.2, 0.25) is 10.0 Å². The molecule has 2 aromatic rings. The molecule has 0 aliphatic heterocycles. The van der Waals surface area contributed by atoms with Gasteiger partial charge in [-0.15, -0.1) is 0 Å². The molecule has 20 heavy (non-hydrogen) atoms. The van der Waals surface area contributed by atoms with Gasteiger partial charge in [0, 0.05) is 29.0 Å². The van der Waals surface area contributed by atoms with E-state index in [9.17, 15) is 4.79 Å². The van der Waals surface area contributed by atoms with E-state index in [1.807, 2.05) is 0 Å². The van der Waals surface area contributed by atoms with Crippen molar-refractivity contribution in [2.45, 2.75) is 17.5 Å². The highest BCUT2D eigenvalue weighted by Crippen LogP contribution is 2.29. The summed E-state index contributed by atoms with van der Waals surface area (Å²) in [6, 6.07) is 6.76. The first-order chi connectivity index (χ1) is 9.60. The fourth-order valence-corrected chi connectivity index (χ4v) is 3.22. The SMILES string of the molecule is COCc1cc(=O)[nH]c(SCc2c(Cl)cccc2Cl)n1. The van der Waals surface area contributed by atoms with Crippen LogP contribution in [0.1, 0.15) is 11.3 Å². The van der Waals surface area contributed by atoms with Gasteiger partial charge in [0.05, 0.1) is 12.3 Å². The summed E-state index contributed by atoms with van der Waals surface area (Å²) < 4.78 is 4.97. The number of methoxy groups -OCH3 is 1. The fraction of sp³-hybridized carbons (Fsp3) is 0.231. The summed E-state index contributed by atoms with van der Waals surface area (Å²) in [4.78, 5) is 18.5. The molecule has 0 bridgehead atoms. The van der Waals surface area contributed by atoms with Crippen LogP contribution in [-0.2, 0) is 17.1 Å². The molecule has 0 radical (unpaired) electrons. The number of nitrogens with one attached hydrogen (secondary N) is 1. The van der Waals surface area contributed by atoms with Crippen molar-refractivity contribution in [1.82, 2.24) is 9.97 Å². The van der Waals surface area contributed by atoms with Gasteiger partial charge in [-0.25, -0.2) is 4.98 Å². The van der Waals surface area contributed by atoms with Crippen LogP contribution in [-0.4, -0.2) is 17.1 Å². The molecule has 1 heterocycles. The zero-order valence-corrected chi connectivity index (χ0v) is 13.0. The number of rotatable bonds is 5. The van der Waals surface area contributed by atoms with Crippen LogP contribution in [0, 0.1) is 0 Å². The van der Waals surface area contributed by atoms with Gasteiger partial charge in [0.25, 0.3) is 5.56 Å². The number of hydrogen-bond donors (Lipinski definition) is 1. The number of aromatic nitrogens is 2. The number of aromatic amines is 1. The summed E-state index contributed by atoms with van der Waals surface area (Å²) in [6.07, 6.45) is 0. The Labute approximate surface area is 130 Å². The molecule has 1 N–H and O–H groups in total. The van der Waals surface area contributed by atoms with Crippen LogP contribution in [0.4, 0.5) is 0 Å². The molecule has 0 saturated carbocycles. The van der Waals surface area contributed by atoms with Crippen molar-refractivity contribution in [2.24, 2.45) is 0 Å². The van der Waals surface area contributed by atoms with E-state index in [1.165, 1.54) is 17.8 Å². The van der Waals surface area contributed by atoms with Gasteiger partial charge < -0.3 is 9.72 Å². The van der Waals surface area contributed by atoms with Crippen molar-refractivity contribution in [3.8, 4) is 0 Å². The summed E-state index contributed by atoms with van der Waals surface area (Å²) in [6.45, 7) is 0.296. The lowest BCUT2D eigenvalue weighted by Crippen LogP contribution is -2.10. The standard InChI is InChI=1S/C13H12Cl2N2O2S/c1-19-6-8-5-12(18)17-13(16-8)20-7-9-10(14)3-2-4-11(9)15/h2-5H,6-7H2,1H3,(H,16,17,18). The summed E-state index contributed by atoms with van der Waals surface area (Å²) in [5, 5.41) is 1.71. The molecular formula is C13H12Cl2N2O2S. The third-order valence-electron chi connectivity index (χ3n) is 2.48. The molecule has 0 unspecified atom stereocenters. The Morgan fingerprint density at radius 2 is 2.05 bits per heavy atom. The van der Waals surface area contributed by atoms with Gasteiger partial charge >= 0.3 is 0 Å². The van der Waals surface area contributed by atoms with Gasteiger partial charge in [0.2, 0.25) is 0 Å². The monoisotopic (exact) mass is 330 g/mol. The number of nitrogens with zero attached hydrogens (tertiary/aromatic N) is 1. The number of halogens is 2. The van der Waals surface area contributed by atoms with Crippen LogP contribution in [0.25, 0.3) is 0 Å². The molecular weight excluding hydrogens is 319 g/mol. The average Bonchev–Trinajstić information content (AvgIpc) is 2.38. The molecule has 0 spiro atoms. The Morgan fingerprint density at radius 3 is 2.70 bits per heavy atom. The molecule has 106 valence electrons. The van der Waals surface area contributed by atoms with Gasteiger partial charge in [-0.2, -0.15) is 0 Å². The number of benzene rings is 1. The Balaban J connectivity index is 2.16. The molecule has 0 atom stereocenters. The number of ether oxygens (including phenoxy) is 1. The molecule has 4 nitrogen and oxygen atoms in total. The van der Waals surface area contributed by atoms with E-state index in [2.05, 4.69) is 9.97 Å². The molecule has 0 fully saturated rings. The Bertz CT molecular complexity index is 641. The van der Waals surface area contributed by atoms with Crippen molar-refractivity contribution >= 4 is 35.0 Å². The van der Waals surface area contributed by atoms with E-state index >= 15 is 0 Å². The summed E-state index contributed by atoms with van der Waals surface area (Å²) in [5.41, 5.74) is 1.20. The lowest BCUT2D eigenvalue weighted by Gasteiger charge is -2.07. The van der Waals surface area contributed by atoms with Crippen LogP contribution < -0.4 is 5.56 Å². The second kappa shape index (κ2) is 7.13. The second-order valence-corrected chi connectivity index (χ2v) is 5.74. The normalized spacial score (nSPS) is 10.8. The van der Waals surface area contributed by atoms with Gasteiger partial charge in [-0.3, -0.25) is 4.79 Å². The Hall–Kier alpha value is -1.01. The van der Waals surface area contributed by atoms with E-state index in [4.69, 9.17) is 27.9 Å². The first kappa shape index (κ1) is 15.4. The Kier molecular flexibility index (Phi) is 5.48. The first-order valence-corrected chi connectivity index (χ1v) is 7.49. The van der Waals surface area contributed by atoms with Crippen LogP contribution in [0.5, 0.6) is 0 Å². The maximum absolute atomic E-state index is 11.5. The zero-order chi connectivity index (χ0) is 14.5. The third kappa shape index (κ3) is 3.99. The van der Waals surface area contributed by atoms with E-state index in [1.54, 1.807) is 25.3 Å². The topological polar surface area (TPSA) is 55.0 Å². The molecule has 0 aliphatic carbocycles. The maximum atomic E-state index is 11.5. The molecule has 1 aromatic carbocycles. The van der Waals surface area contributed by atoms with E-state index < -0.39 is 0 Å². The highest BCUT2D eigenvalue weighted by Gasteiger charge is 2.08. The molecule has 0 amide bonds. The fourth-order valence-electron chi connectivity index (χ4n) is 1.58. The summed E-state index contributed by atoms with van der Waals surface area (Å²) in [7, 11) is 1.55. The lowest BCUT2D eigenvalue weighted by molar-refractivity contribution is 0.180. The van der Waals surface area contributed by atoms with Gasteiger partial charge in [0.15, 0.2) is 5.16 Å². The minimum atomic E-state index is -0.209. The molecule has 2 rings (SSSR count). The summed E-state index contributed by atoms with van der Waals surface area (Å²) >= 11 is 13.6. The predicted molar refractivity (Wildman–Crippen MR) is 81.6 cm³/mol. The van der Waals surface area contributed by atoms with Crippen molar-refractivity contribution in [1.29, 1.82) is 0 Å². The molecule has 0 aliphatic rings. The average molecular weight is 331 g/mol. The Morgan fingerprint density at radius 1 is 1.35 bits per heavy atom. The largest absolute Gasteiger partial charge is 0.378 e. The highest BCUT2D eigenvalue weighted by atomic mass is 35.5. The predicted octanol–water partition coefficient (Wildman–Crippen LogP) is 3.52. The van der Waals surface area contributed by atoms with Crippen LogP contribution in [0.3, 0.4) is 0 Å². The van der Waals surface area contributed by atoms with Crippen molar-refractivity contribution < 1.29 is 4.74 Å². The lowest BCUT2D eigenvalue weighted by atomic mass is 10.2. The number of H-pyrrole nitrogens is 1. The minimum absolute atomic E-state index is 0.209. The number of thioether (sulfide) groups is 1.